The summed E-state index contributed by atoms with van der Waals surface area (Å²) in [6.45, 7) is 0.744. The Hall–Kier alpha value is -7.30. The molecule has 11 aromatic rings. The van der Waals surface area contributed by atoms with Crippen molar-refractivity contribution in [3.63, 3.8) is 0 Å². The van der Waals surface area contributed by atoms with E-state index in [-0.39, 0.29) is 25.2 Å². The monoisotopic (exact) mass is 1020 g/mol. The fourth-order valence-electron chi connectivity index (χ4n) is 7.60. The minimum Gasteiger partial charge on any atom is -0.496 e. The lowest BCUT2D eigenvalue weighted by Crippen LogP contribution is -2.14. The van der Waals surface area contributed by atoms with Gasteiger partial charge in [0.1, 0.15) is 75.4 Å². The maximum Gasteiger partial charge on any atom is 0.294 e. The van der Waals surface area contributed by atoms with Gasteiger partial charge in [-0.3, -0.25) is 4.98 Å². The molecule has 0 radical (unpaired) electrons. The molecule has 0 amide bonds. The van der Waals surface area contributed by atoms with Gasteiger partial charge in [-0.25, -0.2) is 29.0 Å². The molecule has 1 aliphatic carbocycles. The number of benzene rings is 2. The summed E-state index contributed by atoms with van der Waals surface area (Å²) in [4.78, 5) is 24.6. The van der Waals surface area contributed by atoms with Crippen LogP contribution in [-0.2, 0) is 13.2 Å². The maximum atomic E-state index is 6.82. The normalized spacial score (nSPS) is 13.9. The molecular weight excluding hydrogens is 982 g/mol. The fourth-order valence-corrected chi connectivity index (χ4v) is 10.9. The van der Waals surface area contributed by atoms with Gasteiger partial charge in [0.2, 0.25) is 9.92 Å². The standard InChI is InChI=1S/C47H34ClN9O8S4/c1-58-29-11-36(61-20-27-22-66-42(50-27)24-6-8-49-9-7-24)32-16-41(65-39(32)14-29)35-18-57-45(53-35)69-47(55-57)63-19-26-10-25(4-5-33(26)48)43-51-28(23-67-43)21-62-37-12-30(59-2)13-38-31(37)15-40(64-38)34-17-56-44(52-34)68-46(54-56)60-3/h4,6-18,22-23,33H,5,19-21H2,1-3H3. The first-order valence-corrected chi connectivity index (χ1v) is 24.9. The van der Waals surface area contributed by atoms with E-state index in [1.165, 1.54) is 34.0 Å². The molecule has 0 aliphatic heterocycles. The number of alkyl halides is 1. The number of ether oxygens (including phenoxy) is 6. The Bertz CT molecular complexity index is 3690. The highest BCUT2D eigenvalue weighted by molar-refractivity contribution is 7.18. The highest BCUT2D eigenvalue weighted by Crippen LogP contribution is 2.40. The van der Waals surface area contributed by atoms with E-state index in [1.54, 1.807) is 60.3 Å². The van der Waals surface area contributed by atoms with E-state index in [0.29, 0.717) is 83.8 Å². The van der Waals surface area contributed by atoms with Crippen molar-refractivity contribution in [2.45, 2.75) is 25.0 Å². The van der Waals surface area contributed by atoms with Crippen molar-refractivity contribution in [3.8, 4) is 66.9 Å². The van der Waals surface area contributed by atoms with E-state index < -0.39 is 0 Å². The Balaban J connectivity index is 0.701. The quantitative estimate of drug-likeness (QED) is 0.0833. The summed E-state index contributed by atoms with van der Waals surface area (Å²) in [7, 11) is 4.79. The van der Waals surface area contributed by atoms with E-state index in [2.05, 4.69) is 26.2 Å². The van der Waals surface area contributed by atoms with Gasteiger partial charge >= 0.3 is 0 Å². The molecule has 17 nitrogen and oxygen atoms in total. The third-order valence-corrected chi connectivity index (χ3v) is 15.1. The number of pyridine rings is 1. The third-order valence-electron chi connectivity index (χ3n) is 11.0. The first-order chi connectivity index (χ1) is 33.8. The zero-order valence-electron chi connectivity index (χ0n) is 36.4. The number of furan rings is 2. The van der Waals surface area contributed by atoms with Gasteiger partial charge in [0.15, 0.2) is 11.5 Å². The molecule has 69 heavy (non-hydrogen) atoms. The summed E-state index contributed by atoms with van der Waals surface area (Å²) in [5.41, 5.74) is 6.92. The Kier molecular flexibility index (Phi) is 11.2. The zero-order valence-corrected chi connectivity index (χ0v) is 40.5. The molecular formula is C47H34ClN9O8S4. The van der Waals surface area contributed by atoms with Crippen LogP contribution in [-0.4, -0.2) is 77.5 Å². The lowest BCUT2D eigenvalue weighted by atomic mass is 10.00. The molecule has 0 spiro atoms. The Morgan fingerprint density at radius 1 is 0.667 bits per heavy atom. The smallest absolute Gasteiger partial charge is 0.294 e. The second-order valence-electron chi connectivity index (χ2n) is 15.4. The van der Waals surface area contributed by atoms with Crippen LogP contribution in [0.4, 0.5) is 0 Å². The van der Waals surface area contributed by atoms with Gasteiger partial charge < -0.3 is 37.3 Å². The number of hydrogen-bond acceptors (Lipinski definition) is 19. The molecule has 346 valence electrons. The number of imidazole rings is 2. The topological polar surface area (TPSA) is 181 Å². The molecule has 9 heterocycles. The second-order valence-corrected chi connectivity index (χ2v) is 19.5. The highest BCUT2D eigenvalue weighted by atomic mass is 35.5. The Morgan fingerprint density at radius 2 is 1.25 bits per heavy atom. The van der Waals surface area contributed by atoms with Crippen LogP contribution in [0.15, 0.2) is 111 Å². The number of allylic oxidation sites excluding steroid dienone is 3. The van der Waals surface area contributed by atoms with Crippen LogP contribution in [0.1, 0.15) is 22.8 Å². The molecule has 0 fully saturated rings. The van der Waals surface area contributed by atoms with Gasteiger partial charge in [0.05, 0.1) is 61.3 Å². The lowest BCUT2D eigenvalue weighted by molar-refractivity contribution is 0.303. The molecule has 2 aromatic carbocycles. The molecule has 1 aliphatic rings. The van der Waals surface area contributed by atoms with Crippen LogP contribution in [0.2, 0.25) is 0 Å². The molecule has 0 saturated heterocycles. The molecule has 1 unspecified atom stereocenters. The number of fused-ring (bicyclic) bond motifs is 4. The summed E-state index contributed by atoms with van der Waals surface area (Å²) < 4.78 is 51.1. The number of halogens is 1. The van der Waals surface area contributed by atoms with Crippen molar-refractivity contribution < 1.29 is 37.3 Å². The predicted octanol–water partition coefficient (Wildman–Crippen LogP) is 11.3. The van der Waals surface area contributed by atoms with Crippen molar-refractivity contribution in [2.75, 3.05) is 27.9 Å². The Labute approximate surface area is 411 Å². The van der Waals surface area contributed by atoms with Gasteiger partial charge in [-0.1, -0.05) is 6.08 Å². The van der Waals surface area contributed by atoms with E-state index in [4.69, 9.17) is 63.8 Å². The highest BCUT2D eigenvalue weighted by Gasteiger charge is 2.23. The van der Waals surface area contributed by atoms with Crippen molar-refractivity contribution in [1.82, 2.24) is 44.1 Å². The number of methoxy groups -OCH3 is 3. The number of hydrogen-bond donors (Lipinski definition) is 0. The first kappa shape index (κ1) is 43.0. The third kappa shape index (κ3) is 8.52. The van der Waals surface area contributed by atoms with E-state index >= 15 is 0 Å². The zero-order chi connectivity index (χ0) is 46.6. The van der Waals surface area contributed by atoms with Crippen LogP contribution in [0.25, 0.3) is 70.9 Å². The number of thiazole rings is 2. The van der Waals surface area contributed by atoms with Gasteiger partial charge in [-0.15, -0.1) is 44.5 Å². The Morgan fingerprint density at radius 3 is 1.84 bits per heavy atom. The van der Waals surface area contributed by atoms with Gasteiger partial charge in [0, 0.05) is 58.6 Å². The van der Waals surface area contributed by atoms with E-state index in [0.717, 1.165) is 48.9 Å². The molecule has 9 aromatic heterocycles. The minimum absolute atomic E-state index is 0.228. The SMILES string of the molecule is COc1cc(OCc2csc(C3=CCC(Cl)C(COc4nn5cc(-c6cc7c(OCc8csc(-c9ccncc9)n8)cc(OC)cc7o6)nc5s4)=C3)n2)c2cc(-c3cn4nc(OC)sc4n3)oc2c1. The van der Waals surface area contributed by atoms with Crippen molar-refractivity contribution >= 4 is 94.4 Å². The molecule has 0 N–H and O–H groups in total. The van der Waals surface area contributed by atoms with E-state index in [1.807, 2.05) is 71.6 Å². The molecule has 0 saturated carbocycles. The van der Waals surface area contributed by atoms with Crippen molar-refractivity contribution in [1.29, 1.82) is 0 Å². The van der Waals surface area contributed by atoms with Crippen LogP contribution in [0, 0.1) is 0 Å². The molecule has 12 rings (SSSR count). The summed E-state index contributed by atoms with van der Waals surface area (Å²) >= 11 is 12.6. The van der Waals surface area contributed by atoms with Gasteiger partial charge in [0.25, 0.3) is 10.4 Å². The molecule has 0 bridgehead atoms. The summed E-state index contributed by atoms with van der Waals surface area (Å²) in [6, 6.07) is 15.0. The molecule has 1 atom stereocenters. The average molecular weight is 1020 g/mol. The van der Waals surface area contributed by atoms with Crippen LogP contribution >= 0.6 is 56.9 Å². The van der Waals surface area contributed by atoms with E-state index in [9.17, 15) is 0 Å². The predicted molar refractivity (Wildman–Crippen MR) is 264 cm³/mol. The minimum atomic E-state index is -0.244. The number of nitrogens with zero attached hydrogens (tertiary/aromatic N) is 9. The summed E-state index contributed by atoms with van der Waals surface area (Å²) in [5.74, 6) is 3.53. The van der Waals surface area contributed by atoms with Gasteiger partial charge in [-0.05, 0) is 65.0 Å². The van der Waals surface area contributed by atoms with Gasteiger partial charge in [-0.2, -0.15) is 0 Å². The fraction of sp³-hybridized carbons (Fsp3) is 0.170. The average Bonchev–Trinajstić information content (AvgIpc) is 4.23. The molecule has 22 heteroatoms. The lowest BCUT2D eigenvalue weighted by Gasteiger charge is -2.17. The van der Waals surface area contributed by atoms with Crippen LogP contribution < -0.4 is 28.4 Å². The number of aromatic nitrogens is 9. The summed E-state index contributed by atoms with van der Waals surface area (Å²) in [5, 5.41) is 17.0. The van der Waals surface area contributed by atoms with Crippen LogP contribution in [0.3, 0.4) is 0 Å². The largest absolute Gasteiger partial charge is 0.496 e. The van der Waals surface area contributed by atoms with Crippen LogP contribution in [0.5, 0.6) is 33.4 Å². The maximum absolute atomic E-state index is 6.82. The summed E-state index contributed by atoms with van der Waals surface area (Å²) in [6.07, 6.45) is 11.9. The first-order valence-electron chi connectivity index (χ1n) is 21.1. The van der Waals surface area contributed by atoms with Crippen molar-refractivity contribution in [3.05, 3.63) is 118 Å². The van der Waals surface area contributed by atoms with Crippen molar-refractivity contribution in [2.24, 2.45) is 0 Å². The second kappa shape index (κ2) is 18.0. The number of rotatable bonds is 16.